The first kappa shape index (κ1) is 58.2. The van der Waals surface area contributed by atoms with E-state index in [1.54, 1.807) is 0 Å². The molecule has 16 aromatic rings. The molecule has 0 fully saturated rings. The fraction of sp³-hybridized carbons (Fsp3) is 0.186. The molecular weight excluding hydrogens is 1150 g/mol. The van der Waals surface area contributed by atoms with E-state index < -0.39 is 0 Å². The highest BCUT2D eigenvalue weighted by molar-refractivity contribution is 6.17. The minimum atomic E-state index is -0.170. The summed E-state index contributed by atoms with van der Waals surface area (Å²) in [6.45, 7) is 27.4. The number of hydrogen-bond donors (Lipinski definition) is 0. The van der Waals surface area contributed by atoms with Gasteiger partial charge in [-0.3, -0.25) is 0 Å². The van der Waals surface area contributed by atoms with Crippen molar-refractivity contribution in [2.45, 2.75) is 105 Å². The van der Waals surface area contributed by atoms with Gasteiger partial charge in [-0.2, -0.15) is 5.26 Å². The van der Waals surface area contributed by atoms with Crippen LogP contribution in [0.1, 0.15) is 111 Å². The van der Waals surface area contributed by atoms with E-state index in [2.05, 4.69) is 302 Å². The molecule has 0 spiro atoms. The van der Waals surface area contributed by atoms with E-state index in [-0.39, 0.29) is 21.7 Å². The molecule has 94 heavy (non-hydrogen) atoms. The minimum absolute atomic E-state index is 0.161. The van der Waals surface area contributed by atoms with Crippen molar-refractivity contribution in [3.63, 3.8) is 0 Å². The maximum Gasteiger partial charge on any atom is 0.168 e. The highest BCUT2D eigenvalue weighted by atomic mass is 15.1. The Morgan fingerprint density at radius 2 is 0.532 bits per heavy atom. The first-order chi connectivity index (χ1) is 45.2. The van der Waals surface area contributed by atoms with Crippen molar-refractivity contribution in [3.05, 3.63) is 258 Å². The summed E-state index contributed by atoms with van der Waals surface area (Å²) in [5.41, 5.74) is 17.7. The average Bonchev–Trinajstić information content (AvgIpc) is 1.44. The standard InChI is InChI=1S/C86H74N8/c1-83(2,3)54-39-43-71-62(47-54)58-31-19-23-35-67(58)91(71)76-66(51-87)77(92-68-36-24-20-32-59(68)63-48-55(84(4,5)6)40-44-72(63)92)79(94-70-38-26-22-34-61(70)65-50-57(86(10,11)12)42-46-74(65)94)78(93-69-37-25-21-33-60(69)64-49-56(85(7,8)9)41-45-73(64)93)75(76)82-89-80(52-27-15-13-16-28-52)88-81(90-82)53-29-17-14-18-30-53/h13-50H,1-12H3. The van der Waals surface area contributed by atoms with Crippen LogP contribution in [0.25, 0.3) is 144 Å². The van der Waals surface area contributed by atoms with Crippen LogP contribution in [-0.4, -0.2) is 33.2 Å². The quantitative estimate of drug-likeness (QED) is 0.159. The number of para-hydroxylation sites is 4. The smallest absolute Gasteiger partial charge is 0.168 e. The topological polar surface area (TPSA) is 82.2 Å². The van der Waals surface area contributed by atoms with Crippen LogP contribution in [0.3, 0.4) is 0 Å². The van der Waals surface area contributed by atoms with E-state index in [1.165, 1.54) is 22.3 Å². The molecule has 11 aromatic carbocycles. The Morgan fingerprint density at radius 3 is 0.851 bits per heavy atom. The second kappa shape index (κ2) is 21.1. The summed E-state index contributed by atoms with van der Waals surface area (Å²) in [6.07, 6.45) is 0. The van der Waals surface area contributed by atoms with Gasteiger partial charge in [0.25, 0.3) is 0 Å². The van der Waals surface area contributed by atoms with Gasteiger partial charge in [-0.25, -0.2) is 15.0 Å². The number of rotatable bonds is 7. The highest BCUT2D eigenvalue weighted by Gasteiger charge is 2.37. The Balaban J connectivity index is 1.27. The van der Waals surface area contributed by atoms with Crippen molar-refractivity contribution >= 4 is 87.2 Å². The van der Waals surface area contributed by atoms with E-state index in [4.69, 9.17) is 15.0 Å². The second-order valence-electron chi connectivity index (χ2n) is 29.6. The molecule has 0 aliphatic carbocycles. The third-order valence-corrected chi connectivity index (χ3v) is 19.5. The Labute approximate surface area is 548 Å². The van der Waals surface area contributed by atoms with E-state index in [0.29, 0.717) is 40.0 Å². The zero-order valence-corrected chi connectivity index (χ0v) is 55.5. The molecule has 0 unspecified atom stereocenters. The lowest BCUT2D eigenvalue weighted by Gasteiger charge is -2.29. The zero-order chi connectivity index (χ0) is 64.9. The molecular formula is C86H74N8. The molecule has 5 aromatic heterocycles. The predicted molar refractivity (Wildman–Crippen MR) is 393 cm³/mol. The Morgan fingerprint density at radius 1 is 0.266 bits per heavy atom. The summed E-state index contributed by atoms with van der Waals surface area (Å²) < 4.78 is 9.75. The molecule has 16 rings (SSSR count). The number of nitriles is 1. The largest absolute Gasteiger partial charge is 0.307 e. The van der Waals surface area contributed by atoms with Gasteiger partial charge in [0.15, 0.2) is 17.5 Å². The van der Waals surface area contributed by atoms with Gasteiger partial charge in [0.05, 0.1) is 72.4 Å². The molecule has 8 heteroatoms. The second-order valence-corrected chi connectivity index (χ2v) is 29.6. The van der Waals surface area contributed by atoms with Gasteiger partial charge < -0.3 is 18.3 Å². The van der Waals surface area contributed by atoms with Crippen molar-refractivity contribution < 1.29 is 0 Å². The molecule has 0 amide bonds. The zero-order valence-electron chi connectivity index (χ0n) is 55.5. The van der Waals surface area contributed by atoms with Crippen molar-refractivity contribution in [1.82, 2.24) is 33.2 Å². The fourth-order valence-electron chi connectivity index (χ4n) is 14.5. The van der Waals surface area contributed by atoms with Gasteiger partial charge in [0, 0.05) is 54.2 Å². The summed E-state index contributed by atoms with van der Waals surface area (Å²) in [5.74, 6) is 1.41. The summed E-state index contributed by atoms with van der Waals surface area (Å²) in [5, 5.41) is 22.1. The number of benzene rings is 11. The molecule has 5 heterocycles. The van der Waals surface area contributed by atoms with E-state index >= 15 is 0 Å². The Hall–Kier alpha value is -10.9. The molecule has 0 radical (unpaired) electrons. The Kier molecular flexibility index (Phi) is 13.1. The normalized spacial score (nSPS) is 12.7. The van der Waals surface area contributed by atoms with Crippen molar-refractivity contribution in [1.29, 1.82) is 5.26 Å². The molecule has 0 saturated carbocycles. The van der Waals surface area contributed by atoms with Crippen molar-refractivity contribution in [3.8, 4) is 63.0 Å². The lowest BCUT2D eigenvalue weighted by Crippen LogP contribution is -2.17. The lowest BCUT2D eigenvalue weighted by molar-refractivity contribution is 0.591. The third kappa shape index (κ3) is 9.11. The van der Waals surface area contributed by atoms with Gasteiger partial charge in [0.2, 0.25) is 0 Å². The van der Waals surface area contributed by atoms with Crippen LogP contribution in [0.4, 0.5) is 0 Å². The molecule has 0 atom stereocenters. The Bertz CT molecular complexity index is 5780. The molecule has 0 saturated heterocycles. The van der Waals surface area contributed by atoms with Crippen LogP contribution in [0, 0.1) is 11.3 Å². The molecule has 0 N–H and O–H groups in total. The van der Waals surface area contributed by atoms with Crippen LogP contribution in [0.2, 0.25) is 0 Å². The molecule has 458 valence electrons. The molecule has 0 aliphatic heterocycles. The first-order valence-corrected chi connectivity index (χ1v) is 32.8. The van der Waals surface area contributed by atoms with Crippen molar-refractivity contribution in [2.75, 3.05) is 0 Å². The van der Waals surface area contributed by atoms with Crippen molar-refractivity contribution in [2.24, 2.45) is 0 Å². The summed E-state index contributed by atoms with van der Waals surface area (Å²) in [6, 6.07) is 86.7. The number of fused-ring (bicyclic) bond motifs is 12. The SMILES string of the molecule is CC(C)(C)c1ccc2c(c1)c1ccccc1n2-c1c(C#N)c(-n2c3ccccc3c3cc(C(C)(C)C)ccc32)c(-n2c3ccccc3c3cc(C(C)(C)C)ccc32)c(-n2c3ccccc3c3cc(C(C)(C)C)ccc32)c1-c1nc(-c2ccccc2)nc(-c2ccccc2)n1. The number of aromatic nitrogens is 7. The van der Waals surface area contributed by atoms with E-state index in [9.17, 15) is 5.26 Å². The maximum absolute atomic E-state index is 13.4. The average molecular weight is 1220 g/mol. The van der Waals surface area contributed by atoms with Crippen LogP contribution in [-0.2, 0) is 21.7 Å². The van der Waals surface area contributed by atoms with Gasteiger partial charge in [-0.1, -0.05) is 241 Å². The molecule has 0 bridgehead atoms. The van der Waals surface area contributed by atoms with Crippen LogP contribution < -0.4 is 0 Å². The minimum Gasteiger partial charge on any atom is -0.307 e. The monoisotopic (exact) mass is 1220 g/mol. The summed E-state index contributed by atoms with van der Waals surface area (Å²) in [7, 11) is 0. The number of hydrogen-bond acceptors (Lipinski definition) is 4. The van der Waals surface area contributed by atoms with Crippen LogP contribution in [0.5, 0.6) is 0 Å². The van der Waals surface area contributed by atoms with Gasteiger partial charge >= 0.3 is 0 Å². The highest BCUT2D eigenvalue weighted by Crippen LogP contribution is 2.53. The number of nitrogens with zero attached hydrogens (tertiary/aromatic N) is 8. The lowest BCUT2D eigenvalue weighted by atomic mass is 9.86. The van der Waals surface area contributed by atoms with E-state index in [0.717, 1.165) is 110 Å². The third-order valence-electron chi connectivity index (χ3n) is 19.5. The van der Waals surface area contributed by atoms with Gasteiger partial charge in [-0.15, -0.1) is 0 Å². The first-order valence-electron chi connectivity index (χ1n) is 32.8. The molecule has 8 nitrogen and oxygen atoms in total. The van der Waals surface area contributed by atoms with Gasteiger partial charge in [0.1, 0.15) is 11.6 Å². The fourth-order valence-corrected chi connectivity index (χ4v) is 14.5. The summed E-state index contributed by atoms with van der Waals surface area (Å²) in [4.78, 5) is 17.1. The predicted octanol–water partition coefficient (Wildman–Crippen LogP) is 22.3. The van der Waals surface area contributed by atoms with Crippen LogP contribution in [0.15, 0.2) is 231 Å². The van der Waals surface area contributed by atoms with E-state index in [1.807, 2.05) is 36.4 Å². The molecule has 0 aliphatic rings. The maximum atomic E-state index is 13.4. The van der Waals surface area contributed by atoms with Gasteiger partial charge in [-0.05, 0) is 117 Å². The van der Waals surface area contributed by atoms with Crippen LogP contribution >= 0.6 is 0 Å². The summed E-state index contributed by atoms with van der Waals surface area (Å²) >= 11 is 0.